The number of hydrogen-bond acceptors (Lipinski definition) is 3. The molecule has 1 saturated heterocycles. The topological polar surface area (TPSA) is 47.1 Å². The Morgan fingerprint density at radius 2 is 1.90 bits per heavy atom. The molecule has 1 aliphatic heterocycles. The fourth-order valence-corrected chi connectivity index (χ4v) is 2.91. The molecule has 1 aromatic heterocycles. The number of halogens is 1. The number of rotatable bonds is 3. The average Bonchev–Trinajstić information content (AvgIpc) is 2.92. The average molecular weight is 288 g/mol. The molecule has 1 aliphatic rings. The smallest absolute Gasteiger partial charge is 0.123 e. The second-order valence-corrected chi connectivity index (χ2v) is 5.54. The lowest BCUT2D eigenvalue weighted by Crippen LogP contribution is -2.39. The van der Waals surface area contributed by atoms with Gasteiger partial charge in [0.25, 0.3) is 0 Å². The SMILES string of the molecule is CCc1c(N2CCC(N)CC2)cnn1-c1ccc(F)cc1. The number of nitrogens with zero attached hydrogens (tertiary/aromatic N) is 3. The van der Waals surface area contributed by atoms with Crippen molar-refractivity contribution in [3.05, 3.63) is 42.0 Å². The Labute approximate surface area is 124 Å². The fraction of sp³-hybridized carbons (Fsp3) is 0.438. The van der Waals surface area contributed by atoms with Crippen LogP contribution in [0.3, 0.4) is 0 Å². The molecule has 2 heterocycles. The van der Waals surface area contributed by atoms with Crippen LogP contribution in [0.25, 0.3) is 5.69 Å². The van der Waals surface area contributed by atoms with Crippen molar-refractivity contribution >= 4 is 5.69 Å². The molecule has 0 unspecified atom stereocenters. The van der Waals surface area contributed by atoms with Crippen LogP contribution in [0.2, 0.25) is 0 Å². The summed E-state index contributed by atoms with van der Waals surface area (Å²) in [6, 6.07) is 6.78. The summed E-state index contributed by atoms with van der Waals surface area (Å²) in [4.78, 5) is 2.36. The highest BCUT2D eigenvalue weighted by atomic mass is 19.1. The predicted octanol–water partition coefficient (Wildman–Crippen LogP) is 2.50. The summed E-state index contributed by atoms with van der Waals surface area (Å²) in [6.45, 7) is 4.07. The lowest BCUT2D eigenvalue weighted by molar-refractivity contribution is 0.500. The Balaban J connectivity index is 1.91. The summed E-state index contributed by atoms with van der Waals surface area (Å²) in [6.07, 6.45) is 4.84. The van der Waals surface area contributed by atoms with Crippen LogP contribution in [0.1, 0.15) is 25.5 Å². The van der Waals surface area contributed by atoms with Gasteiger partial charge in [0.05, 0.1) is 23.3 Å². The van der Waals surface area contributed by atoms with Crippen molar-refractivity contribution in [3.8, 4) is 5.69 Å². The number of aromatic nitrogens is 2. The maximum atomic E-state index is 13.1. The zero-order valence-electron chi connectivity index (χ0n) is 12.3. The Kier molecular flexibility index (Phi) is 3.92. The summed E-state index contributed by atoms with van der Waals surface area (Å²) in [7, 11) is 0. The maximum absolute atomic E-state index is 13.1. The summed E-state index contributed by atoms with van der Waals surface area (Å²) < 4.78 is 15.0. The Hall–Kier alpha value is -1.88. The third kappa shape index (κ3) is 2.78. The molecule has 5 heteroatoms. The number of nitrogens with two attached hydrogens (primary N) is 1. The molecule has 4 nitrogen and oxygen atoms in total. The van der Waals surface area contributed by atoms with Gasteiger partial charge in [-0.1, -0.05) is 6.92 Å². The Bertz CT molecular complexity index is 597. The molecule has 2 aromatic rings. The van der Waals surface area contributed by atoms with Crippen molar-refractivity contribution in [1.29, 1.82) is 0 Å². The first kappa shape index (κ1) is 14.1. The van der Waals surface area contributed by atoms with E-state index in [2.05, 4.69) is 16.9 Å². The quantitative estimate of drug-likeness (QED) is 0.944. The minimum Gasteiger partial charge on any atom is -0.369 e. The van der Waals surface area contributed by atoms with Gasteiger partial charge in [-0.05, 0) is 43.5 Å². The van der Waals surface area contributed by atoms with E-state index in [4.69, 9.17) is 5.73 Å². The van der Waals surface area contributed by atoms with E-state index in [1.54, 1.807) is 12.1 Å². The molecule has 3 rings (SSSR count). The summed E-state index contributed by atoms with van der Waals surface area (Å²) in [5.74, 6) is -0.228. The molecule has 0 amide bonds. The first-order valence-electron chi connectivity index (χ1n) is 7.52. The predicted molar refractivity (Wildman–Crippen MR) is 82.3 cm³/mol. The van der Waals surface area contributed by atoms with E-state index in [9.17, 15) is 4.39 Å². The van der Waals surface area contributed by atoms with Crippen LogP contribution in [0.15, 0.2) is 30.5 Å². The standard InChI is InChI=1S/C16H21FN4/c1-2-15-16(20-9-7-13(18)8-10-20)11-19-21(15)14-5-3-12(17)4-6-14/h3-6,11,13H,2,7-10,18H2,1H3. The van der Waals surface area contributed by atoms with E-state index in [1.807, 2.05) is 10.9 Å². The molecule has 0 aliphatic carbocycles. The highest BCUT2D eigenvalue weighted by Gasteiger charge is 2.21. The van der Waals surface area contributed by atoms with Crippen LogP contribution < -0.4 is 10.6 Å². The monoisotopic (exact) mass is 288 g/mol. The number of piperidine rings is 1. The largest absolute Gasteiger partial charge is 0.369 e. The van der Waals surface area contributed by atoms with E-state index >= 15 is 0 Å². The highest BCUT2D eigenvalue weighted by Crippen LogP contribution is 2.26. The molecule has 1 fully saturated rings. The van der Waals surface area contributed by atoms with Gasteiger partial charge in [-0.25, -0.2) is 9.07 Å². The minimum atomic E-state index is -0.228. The second kappa shape index (κ2) is 5.85. The van der Waals surface area contributed by atoms with Crippen molar-refractivity contribution in [2.45, 2.75) is 32.2 Å². The van der Waals surface area contributed by atoms with Crippen molar-refractivity contribution in [2.24, 2.45) is 5.73 Å². The zero-order valence-corrected chi connectivity index (χ0v) is 12.3. The summed E-state index contributed by atoms with van der Waals surface area (Å²) >= 11 is 0. The molecular formula is C16H21FN4. The number of hydrogen-bond donors (Lipinski definition) is 1. The Morgan fingerprint density at radius 3 is 2.52 bits per heavy atom. The van der Waals surface area contributed by atoms with Gasteiger partial charge in [0.1, 0.15) is 5.82 Å². The molecule has 1 aromatic carbocycles. The van der Waals surface area contributed by atoms with Crippen molar-refractivity contribution in [1.82, 2.24) is 9.78 Å². The number of anilines is 1. The first-order valence-corrected chi connectivity index (χ1v) is 7.52. The van der Waals surface area contributed by atoms with E-state index < -0.39 is 0 Å². The summed E-state index contributed by atoms with van der Waals surface area (Å²) in [5, 5.41) is 4.50. The van der Waals surface area contributed by atoms with Gasteiger partial charge >= 0.3 is 0 Å². The molecule has 2 N–H and O–H groups in total. The second-order valence-electron chi connectivity index (χ2n) is 5.54. The van der Waals surface area contributed by atoms with Gasteiger partial charge in [0.2, 0.25) is 0 Å². The molecule has 0 bridgehead atoms. The molecule has 0 saturated carbocycles. The van der Waals surface area contributed by atoms with Crippen LogP contribution >= 0.6 is 0 Å². The van der Waals surface area contributed by atoms with Crippen LogP contribution in [-0.4, -0.2) is 28.9 Å². The van der Waals surface area contributed by atoms with Gasteiger partial charge < -0.3 is 10.6 Å². The molecular weight excluding hydrogens is 267 g/mol. The molecule has 21 heavy (non-hydrogen) atoms. The van der Waals surface area contributed by atoms with E-state index in [0.717, 1.165) is 43.7 Å². The van der Waals surface area contributed by atoms with Crippen LogP contribution in [0.4, 0.5) is 10.1 Å². The highest BCUT2D eigenvalue weighted by molar-refractivity contribution is 5.53. The van der Waals surface area contributed by atoms with Crippen molar-refractivity contribution in [3.63, 3.8) is 0 Å². The minimum absolute atomic E-state index is 0.228. The first-order chi connectivity index (χ1) is 10.2. The zero-order chi connectivity index (χ0) is 14.8. The van der Waals surface area contributed by atoms with E-state index in [-0.39, 0.29) is 5.82 Å². The van der Waals surface area contributed by atoms with Crippen LogP contribution in [0, 0.1) is 5.82 Å². The van der Waals surface area contributed by atoms with Gasteiger partial charge in [0.15, 0.2) is 0 Å². The maximum Gasteiger partial charge on any atom is 0.123 e. The third-order valence-corrected chi connectivity index (χ3v) is 4.13. The van der Waals surface area contributed by atoms with E-state index in [1.165, 1.54) is 17.8 Å². The molecule has 0 radical (unpaired) electrons. The Morgan fingerprint density at radius 1 is 1.24 bits per heavy atom. The molecule has 0 atom stereocenters. The van der Waals surface area contributed by atoms with Gasteiger partial charge in [0, 0.05) is 19.1 Å². The molecule has 112 valence electrons. The van der Waals surface area contributed by atoms with Crippen molar-refractivity contribution in [2.75, 3.05) is 18.0 Å². The van der Waals surface area contributed by atoms with E-state index in [0.29, 0.717) is 6.04 Å². The van der Waals surface area contributed by atoms with Gasteiger partial charge in [-0.2, -0.15) is 5.10 Å². The molecule has 0 spiro atoms. The normalized spacial score (nSPS) is 16.4. The number of benzene rings is 1. The van der Waals surface area contributed by atoms with Gasteiger partial charge in [-0.15, -0.1) is 0 Å². The lowest BCUT2D eigenvalue weighted by atomic mass is 10.1. The fourth-order valence-electron chi connectivity index (χ4n) is 2.91. The van der Waals surface area contributed by atoms with Crippen LogP contribution in [-0.2, 0) is 6.42 Å². The van der Waals surface area contributed by atoms with Crippen molar-refractivity contribution < 1.29 is 4.39 Å². The third-order valence-electron chi connectivity index (χ3n) is 4.13. The van der Waals surface area contributed by atoms with Crippen LogP contribution in [0.5, 0.6) is 0 Å². The summed E-state index contributed by atoms with van der Waals surface area (Å²) in [5.41, 5.74) is 9.21. The van der Waals surface area contributed by atoms with Gasteiger partial charge in [-0.3, -0.25) is 0 Å². The lowest BCUT2D eigenvalue weighted by Gasteiger charge is -2.31.